The molecule has 0 unspecified atom stereocenters. The molecule has 1 fully saturated rings. The Morgan fingerprint density at radius 3 is 2.50 bits per heavy atom. The van der Waals surface area contributed by atoms with Gasteiger partial charge in [0.25, 0.3) is 0 Å². The van der Waals surface area contributed by atoms with E-state index in [1.165, 1.54) is 0 Å². The van der Waals surface area contributed by atoms with Gasteiger partial charge in [0.15, 0.2) is 0 Å². The number of piperazine rings is 1. The Bertz CT molecular complexity index is 215. The van der Waals surface area contributed by atoms with Crippen LogP contribution in [0.2, 0.25) is 0 Å². The number of carbonyl (C=O) groups is 1. The van der Waals surface area contributed by atoms with Crippen molar-refractivity contribution in [1.29, 1.82) is 0 Å². The zero-order valence-electron chi connectivity index (χ0n) is 7.98. The Labute approximate surface area is 73.4 Å². The molecule has 1 aliphatic rings. The summed E-state index contributed by atoms with van der Waals surface area (Å²) in [6.07, 6.45) is 0. The van der Waals surface area contributed by atoms with Crippen LogP contribution >= 0.6 is 0 Å². The van der Waals surface area contributed by atoms with E-state index < -0.39 is 0 Å². The number of nitrogens with zero attached hydrogens (tertiary/aromatic N) is 1. The molecule has 0 saturated carbocycles. The third kappa shape index (κ3) is 1.78. The van der Waals surface area contributed by atoms with Crippen molar-refractivity contribution >= 4 is 5.91 Å². The summed E-state index contributed by atoms with van der Waals surface area (Å²) in [5.41, 5.74) is 0.983. The van der Waals surface area contributed by atoms with Crippen LogP contribution in [-0.4, -0.2) is 29.4 Å². The lowest BCUT2D eigenvalue weighted by Crippen LogP contribution is -2.52. The molecule has 0 atom stereocenters. The SMILES string of the molecule is C=C1CNC(=O)CN1C(C)(C)C. The first kappa shape index (κ1) is 9.10. The van der Waals surface area contributed by atoms with Crippen LogP contribution in [0.15, 0.2) is 12.3 Å². The molecule has 1 aliphatic heterocycles. The molecule has 1 amide bonds. The first-order chi connectivity index (χ1) is 5.41. The summed E-state index contributed by atoms with van der Waals surface area (Å²) in [5.74, 6) is 0.0809. The number of carbonyl (C=O) groups excluding carboxylic acids is 1. The van der Waals surface area contributed by atoms with E-state index in [0.717, 1.165) is 5.70 Å². The highest BCUT2D eigenvalue weighted by Crippen LogP contribution is 2.19. The van der Waals surface area contributed by atoms with Gasteiger partial charge in [-0.2, -0.15) is 0 Å². The molecule has 0 spiro atoms. The monoisotopic (exact) mass is 168 g/mol. The van der Waals surface area contributed by atoms with Gasteiger partial charge in [-0.3, -0.25) is 4.79 Å². The maximum atomic E-state index is 11.1. The van der Waals surface area contributed by atoms with Gasteiger partial charge in [-0.25, -0.2) is 0 Å². The lowest BCUT2D eigenvalue weighted by Gasteiger charge is -2.41. The second-order valence-electron chi connectivity index (χ2n) is 4.10. The quantitative estimate of drug-likeness (QED) is 0.578. The van der Waals surface area contributed by atoms with Gasteiger partial charge in [0.2, 0.25) is 5.91 Å². The van der Waals surface area contributed by atoms with E-state index in [2.05, 4.69) is 32.7 Å². The summed E-state index contributed by atoms with van der Waals surface area (Å²) in [6, 6.07) is 0. The van der Waals surface area contributed by atoms with Crippen molar-refractivity contribution in [3.63, 3.8) is 0 Å². The summed E-state index contributed by atoms with van der Waals surface area (Å²) in [4.78, 5) is 13.1. The molecule has 0 aromatic carbocycles. The van der Waals surface area contributed by atoms with E-state index in [1.54, 1.807) is 0 Å². The second kappa shape index (κ2) is 2.81. The Balaban J connectivity index is 2.74. The number of rotatable bonds is 0. The van der Waals surface area contributed by atoms with Crippen LogP contribution in [0.4, 0.5) is 0 Å². The van der Waals surface area contributed by atoms with Crippen LogP contribution in [0.25, 0.3) is 0 Å². The van der Waals surface area contributed by atoms with Gasteiger partial charge < -0.3 is 10.2 Å². The molecule has 3 nitrogen and oxygen atoms in total. The fourth-order valence-electron chi connectivity index (χ4n) is 1.32. The standard InChI is InChI=1S/C9H16N2O/c1-7-5-10-8(12)6-11(7)9(2,3)4/h1,5-6H2,2-4H3,(H,10,12). The Kier molecular flexibility index (Phi) is 2.13. The molecule has 0 aliphatic carbocycles. The van der Waals surface area contributed by atoms with Gasteiger partial charge >= 0.3 is 0 Å². The molecule has 0 radical (unpaired) electrons. The first-order valence-electron chi connectivity index (χ1n) is 4.13. The van der Waals surface area contributed by atoms with Crippen LogP contribution in [0, 0.1) is 0 Å². The van der Waals surface area contributed by atoms with Crippen molar-refractivity contribution in [1.82, 2.24) is 10.2 Å². The van der Waals surface area contributed by atoms with Gasteiger partial charge in [0, 0.05) is 11.2 Å². The van der Waals surface area contributed by atoms with Crippen molar-refractivity contribution < 1.29 is 4.79 Å². The van der Waals surface area contributed by atoms with Gasteiger partial charge in [0.05, 0.1) is 13.1 Å². The van der Waals surface area contributed by atoms with E-state index in [4.69, 9.17) is 0 Å². The first-order valence-corrected chi connectivity index (χ1v) is 4.13. The molecule has 68 valence electrons. The average molecular weight is 168 g/mol. The van der Waals surface area contributed by atoms with Crippen LogP contribution < -0.4 is 5.32 Å². The lowest BCUT2D eigenvalue weighted by molar-refractivity contribution is -0.124. The minimum absolute atomic E-state index is 0.00512. The van der Waals surface area contributed by atoms with Gasteiger partial charge in [0.1, 0.15) is 0 Å². The van der Waals surface area contributed by atoms with Gasteiger partial charge in [-0.05, 0) is 20.8 Å². The molecular formula is C9H16N2O. The molecule has 1 saturated heterocycles. The highest BCUT2D eigenvalue weighted by Gasteiger charge is 2.27. The van der Waals surface area contributed by atoms with Gasteiger partial charge in [-0.1, -0.05) is 6.58 Å². The van der Waals surface area contributed by atoms with E-state index in [-0.39, 0.29) is 11.4 Å². The van der Waals surface area contributed by atoms with E-state index in [9.17, 15) is 4.79 Å². The maximum Gasteiger partial charge on any atom is 0.239 e. The van der Waals surface area contributed by atoms with E-state index >= 15 is 0 Å². The summed E-state index contributed by atoms with van der Waals surface area (Å²) >= 11 is 0. The van der Waals surface area contributed by atoms with Crippen LogP contribution in [0.1, 0.15) is 20.8 Å². The largest absolute Gasteiger partial charge is 0.360 e. The van der Waals surface area contributed by atoms with Crippen molar-refractivity contribution in [2.24, 2.45) is 0 Å². The normalized spacial score (nSPS) is 19.4. The molecule has 1 rings (SSSR count). The van der Waals surface area contributed by atoms with E-state index in [1.807, 2.05) is 4.90 Å². The number of hydrogen-bond donors (Lipinski definition) is 1. The Morgan fingerprint density at radius 1 is 1.50 bits per heavy atom. The molecule has 0 aromatic rings. The minimum Gasteiger partial charge on any atom is -0.360 e. The molecule has 1 N–H and O–H groups in total. The molecule has 1 heterocycles. The topological polar surface area (TPSA) is 32.3 Å². The van der Waals surface area contributed by atoms with Crippen LogP contribution in [-0.2, 0) is 4.79 Å². The Hall–Kier alpha value is -0.990. The molecule has 0 aromatic heterocycles. The van der Waals surface area contributed by atoms with Crippen LogP contribution in [0.5, 0.6) is 0 Å². The summed E-state index contributed by atoms with van der Waals surface area (Å²) in [6.45, 7) is 11.2. The predicted molar refractivity (Wildman–Crippen MR) is 48.6 cm³/mol. The number of nitrogens with one attached hydrogen (secondary N) is 1. The zero-order chi connectivity index (χ0) is 9.35. The lowest BCUT2D eigenvalue weighted by atomic mass is 10.0. The third-order valence-corrected chi connectivity index (χ3v) is 1.98. The highest BCUT2D eigenvalue weighted by atomic mass is 16.2. The molecular weight excluding hydrogens is 152 g/mol. The molecule has 3 heteroatoms. The van der Waals surface area contributed by atoms with Crippen LogP contribution in [0.3, 0.4) is 0 Å². The van der Waals surface area contributed by atoms with Crippen molar-refractivity contribution in [3.8, 4) is 0 Å². The molecule has 12 heavy (non-hydrogen) atoms. The zero-order valence-corrected chi connectivity index (χ0v) is 7.98. The fourth-order valence-corrected chi connectivity index (χ4v) is 1.32. The smallest absolute Gasteiger partial charge is 0.239 e. The minimum atomic E-state index is -0.00512. The number of hydrogen-bond acceptors (Lipinski definition) is 2. The second-order valence-corrected chi connectivity index (χ2v) is 4.10. The molecule has 0 bridgehead atoms. The number of amides is 1. The predicted octanol–water partition coefficient (Wildman–Crippen LogP) is 0.730. The van der Waals surface area contributed by atoms with Crippen molar-refractivity contribution in [2.75, 3.05) is 13.1 Å². The van der Waals surface area contributed by atoms with Crippen molar-refractivity contribution in [3.05, 3.63) is 12.3 Å². The highest BCUT2D eigenvalue weighted by molar-refractivity contribution is 5.79. The fraction of sp³-hybridized carbons (Fsp3) is 0.667. The van der Waals surface area contributed by atoms with Crippen molar-refractivity contribution in [2.45, 2.75) is 26.3 Å². The summed E-state index contributed by atoms with van der Waals surface area (Å²) < 4.78 is 0. The summed E-state index contributed by atoms with van der Waals surface area (Å²) in [5, 5.41) is 2.75. The Morgan fingerprint density at radius 2 is 2.08 bits per heavy atom. The summed E-state index contributed by atoms with van der Waals surface area (Å²) in [7, 11) is 0. The average Bonchev–Trinajstić information content (AvgIpc) is 1.92. The van der Waals surface area contributed by atoms with Gasteiger partial charge in [-0.15, -0.1) is 0 Å². The maximum absolute atomic E-state index is 11.1. The van der Waals surface area contributed by atoms with E-state index in [0.29, 0.717) is 13.1 Å². The third-order valence-electron chi connectivity index (χ3n) is 1.98.